The van der Waals surface area contributed by atoms with Crippen molar-refractivity contribution in [2.75, 3.05) is 13.2 Å². The first kappa shape index (κ1) is 11.9. The number of rotatable bonds is 8. The molecule has 0 aromatic rings. The Labute approximate surface area is 74.7 Å². The maximum Gasteiger partial charge on any atom is 0.319 e. The summed E-state index contributed by atoms with van der Waals surface area (Å²) in [5.74, 6) is 0. The molecule has 0 aliphatic carbocycles. The first-order valence-corrected chi connectivity index (χ1v) is 5.44. The lowest BCUT2D eigenvalue weighted by molar-refractivity contribution is 0.237. The van der Waals surface area contributed by atoms with Crippen molar-refractivity contribution < 1.29 is 13.6 Å². The Morgan fingerprint density at radius 1 is 1.42 bits per heavy atom. The van der Waals surface area contributed by atoms with Crippen LogP contribution in [0.2, 0.25) is 0 Å². The molecule has 0 heterocycles. The van der Waals surface area contributed by atoms with Gasteiger partial charge in [0.15, 0.2) is 0 Å². The van der Waals surface area contributed by atoms with Crippen LogP contribution in [0, 0.1) is 0 Å². The molecule has 0 saturated heterocycles. The molecule has 1 atom stereocenters. The lowest BCUT2D eigenvalue weighted by Gasteiger charge is -2.02. The third kappa shape index (κ3) is 7.99. The van der Waals surface area contributed by atoms with Crippen LogP contribution in [0.25, 0.3) is 0 Å². The highest BCUT2D eigenvalue weighted by Gasteiger charge is 1.96. The fourth-order valence-electron chi connectivity index (χ4n) is 0.676. The molecule has 0 bridgehead atoms. The summed E-state index contributed by atoms with van der Waals surface area (Å²) < 4.78 is 20.6. The van der Waals surface area contributed by atoms with Gasteiger partial charge in [-0.2, -0.15) is 0 Å². The molecular weight excluding hydrogens is 175 g/mol. The smallest absolute Gasteiger partial charge is 0.311 e. The zero-order valence-corrected chi connectivity index (χ0v) is 8.54. The van der Waals surface area contributed by atoms with E-state index in [4.69, 9.17) is 9.05 Å². The molecule has 0 rings (SSSR count). The Bertz CT molecular complexity index is 136. The first-order valence-electron chi connectivity index (χ1n) is 4.21. The molecule has 0 amide bonds. The van der Waals surface area contributed by atoms with Crippen molar-refractivity contribution >= 4 is 8.25 Å². The Hall–Kier alpha value is -0.110. The molecule has 72 valence electrons. The second-order valence-corrected chi connectivity index (χ2v) is 3.48. The average molecular weight is 192 g/mol. The van der Waals surface area contributed by atoms with E-state index in [1.807, 2.05) is 0 Å². The van der Waals surface area contributed by atoms with Crippen molar-refractivity contribution in [3.05, 3.63) is 12.7 Å². The lowest BCUT2D eigenvalue weighted by Crippen LogP contribution is -1.88. The monoisotopic (exact) mass is 192 g/mol. The summed E-state index contributed by atoms with van der Waals surface area (Å²) in [4.78, 5) is 0. The molecule has 0 saturated carbocycles. The van der Waals surface area contributed by atoms with Crippen LogP contribution in [-0.4, -0.2) is 13.2 Å². The van der Waals surface area contributed by atoms with Gasteiger partial charge in [0.2, 0.25) is 0 Å². The Morgan fingerprint density at radius 2 is 2.17 bits per heavy atom. The summed E-state index contributed by atoms with van der Waals surface area (Å²) in [5, 5.41) is 0. The summed E-state index contributed by atoms with van der Waals surface area (Å²) in [6.07, 6.45) is 4.75. The van der Waals surface area contributed by atoms with E-state index in [1.165, 1.54) is 0 Å². The standard InChI is InChI=1S/C8H17O3P/c1-3-5-6-8-11-12(9)10-7-4-2/h4,12H,2-3,5-8H2,1H3. The number of hydrogen-bond acceptors (Lipinski definition) is 3. The molecule has 0 aliphatic rings. The predicted molar refractivity (Wildman–Crippen MR) is 50.6 cm³/mol. The van der Waals surface area contributed by atoms with Crippen LogP contribution in [0.3, 0.4) is 0 Å². The molecule has 1 unspecified atom stereocenters. The summed E-state index contributed by atoms with van der Waals surface area (Å²) in [7, 11) is -2.25. The van der Waals surface area contributed by atoms with Crippen molar-refractivity contribution in [1.29, 1.82) is 0 Å². The first-order chi connectivity index (χ1) is 5.81. The summed E-state index contributed by atoms with van der Waals surface area (Å²) in [6, 6.07) is 0. The van der Waals surface area contributed by atoms with Gasteiger partial charge < -0.3 is 9.05 Å². The Morgan fingerprint density at radius 3 is 2.75 bits per heavy atom. The van der Waals surface area contributed by atoms with Gasteiger partial charge in [0.1, 0.15) is 0 Å². The van der Waals surface area contributed by atoms with Gasteiger partial charge in [-0.05, 0) is 6.42 Å². The maximum atomic E-state index is 10.9. The zero-order valence-electron chi connectivity index (χ0n) is 7.54. The minimum absolute atomic E-state index is 0.297. The number of hydrogen-bond donors (Lipinski definition) is 0. The minimum Gasteiger partial charge on any atom is -0.311 e. The Balaban J connectivity index is 3.13. The summed E-state index contributed by atoms with van der Waals surface area (Å²) in [5.41, 5.74) is 0. The van der Waals surface area contributed by atoms with E-state index in [-0.39, 0.29) is 0 Å². The van der Waals surface area contributed by atoms with Crippen molar-refractivity contribution in [2.45, 2.75) is 26.2 Å². The van der Waals surface area contributed by atoms with Crippen molar-refractivity contribution in [1.82, 2.24) is 0 Å². The highest BCUT2D eigenvalue weighted by molar-refractivity contribution is 7.33. The third-order valence-corrected chi connectivity index (χ3v) is 2.13. The van der Waals surface area contributed by atoms with E-state index in [0.29, 0.717) is 13.2 Å². The molecule has 4 heteroatoms. The average Bonchev–Trinajstić information content (AvgIpc) is 2.09. The molecule has 0 spiro atoms. The molecule has 0 N–H and O–H groups in total. The van der Waals surface area contributed by atoms with Crippen LogP contribution in [0.5, 0.6) is 0 Å². The minimum atomic E-state index is -2.25. The molecule has 0 aromatic carbocycles. The normalized spacial score (nSPS) is 12.8. The molecule has 0 fully saturated rings. The second-order valence-electron chi connectivity index (χ2n) is 2.41. The molecule has 0 aromatic heterocycles. The van der Waals surface area contributed by atoms with Crippen LogP contribution < -0.4 is 0 Å². The topological polar surface area (TPSA) is 35.5 Å². The SMILES string of the molecule is C=CCO[PH](=O)OCCCCC. The van der Waals surface area contributed by atoms with Gasteiger partial charge in [-0.3, -0.25) is 4.57 Å². The molecule has 0 radical (unpaired) electrons. The second kappa shape index (κ2) is 8.98. The van der Waals surface area contributed by atoms with Gasteiger partial charge >= 0.3 is 8.25 Å². The van der Waals surface area contributed by atoms with Crippen LogP contribution in [-0.2, 0) is 13.6 Å². The highest BCUT2D eigenvalue weighted by atomic mass is 31.1. The quantitative estimate of drug-likeness (QED) is 0.337. The van der Waals surface area contributed by atoms with E-state index in [9.17, 15) is 4.57 Å². The van der Waals surface area contributed by atoms with Gasteiger partial charge in [-0.25, -0.2) is 0 Å². The van der Waals surface area contributed by atoms with E-state index >= 15 is 0 Å². The third-order valence-electron chi connectivity index (χ3n) is 1.29. The van der Waals surface area contributed by atoms with Crippen LogP contribution >= 0.6 is 8.25 Å². The fourth-order valence-corrected chi connectivity index (χ4v) is 1.32. The van der Waals surface area contributed by atoms with Crippen LogP contribution in [0.15, 0.2) is 12.7 Å². The van der Waals surface area contributed by atoms with Gasteiger partial charge in [0, 0.05) is 0 Å². The van der Waals surface area contributed by atoms with Gasteiger partial charge in [-0.15, -0.1) is 6.58 Å². The van der Waals surface area contributed by atoms with E-state index < -0.39 is 8.25 Å². The molecule has 3 nitrogen and oxygen atoms in total. The predicted octanol–water partition coefficient (Wildman–Crippen LogP) is 2.79. The highest BCUT2D eigenvalue weighted by Crippen LogP contribution is 2.23. The Kier molecular flexibility index (Phi) is 8.90. The largest absolute Gasteiger partial charge is 0.319 e. The lowest BCUT2D eigenvalue weighted by atomic mass is 10.3. The zero-order chi connectivity index (χ0) is 9.23. The van der Waals surface area contributed by atoms with Crippen molar-refractivity contribution in [2.24, 2.45) is 0 Å². The van der Waals surface area contributed by atoms with E-state index in [0.717, 1.165) is 19.3 Å². The van der Waals surface area contributed by atoms with Gasteiger partial charge in [0.05, 0.1) is 13.2 Å². The number of unbranched alkanes of at least 4 members (excludes halogenated alkanes) is 2. The van der Waals surface area contributed by atoms with Crippen molar-refractivity contribution in [3.8, 4) is 0 Å². The summed E-state index contributed by atoms with van der Waals surface area (Å²) in [6.45, 7) is 6.38. The molecular formula is C8H17O3P. The molecule has 12 heavy (non-hydrogen) atoms. The van der Waals surface area contributed by atoms with E-state index in [1.54, 1.807) is 6.08 Å². The fraction of sp³-hybridized carbons (Fsp3) is 0.750. The van der Waals surface area contributed by atoms with Crippen molar-refractivity contribution in [3.63, 3.8) is 0 Å². The van der Waals surface area contributed by atoms with Gasteiger partial charge in [-0.1, -0.05) is 25.8 Å². The molecule has 0 aliphatic heterocycles. The van der Waals surface area contributed by atoms with Gasteiger partial charge in [0.25, 0.3) is 0 Å². The maximum absolute atomic E-state index is 10.9. The summed E-state index contributed by atoms with van der Waals surface area (Å²) >= 11 is 0. The van der Waals surface area contributed by atoms with Crippen LogP contribution in [0.4, 0.5) is 0 Å². The van der Waals surface area contributed by atoms with Crippen LogP contribution in [0.1, 0.15) is 26.2 Å². The van der Waals surface area contributed by atoms with E-state index in [2.05, 4.69) is 13.5 Å².